The molecule has 0 spiro atoms. The second-order valence-electron chi connectivity index (χ2n) is 4.68. The fraction of sp³-hybridized carbons (Fsp3) is 0.833. The monoisotopic (exact) mass is 259 g/mol. The summed E-state index contributed by atoms with van der Waals surface area (Å²) in [7, 11) is 1.48. The Morgan fingerprint density at radius 1 is 1.33 bits per heavy atom. The molecule has 6 nitrogen and oxygen atoms in total. The maximum absolute atomic E-state index is 12.0. The highest BCUT2D eigenvalue weighted by Gasteiger charge is 2.36. The van der Waals surface area contributed by atoms with E-state index in [0.717, 1.165) is 12.8 Å². The smallest absolute Gasteiger partial charge is 0.307 e. The Labute approximate surface area is 106 Å². The number of carbonyl (C=O) groups excluding carboxylic acids is 1. The molecular weight excluding hydrogens is 238 g/mol. The van der Waals surface area contributed by atoms with Gasteiger partial charge >= 0.3 is 5.97 Å². The minimum absolute atomic E-state index is 0.215. The lowest BCUT2D eigenvalue weighted by Crippen LogP contribution is -2.47. The van der Waals surface area contributed by atoms with Gasteiger partial charge in [-0.2, -0.15) is 0 Å². The van der Waals surface area contributed by atoms with Crippen molar-refractivity contribution in [1.82, 2.24) is 5.32 Å². The molecule has 1 aliphatic carbocycles. The molecule has 1 fully saturated rings. The Balaban J connectivity index is 2.59. The SMILES string of the molecule is COCC(CO)NC(=O)C1CCCCC1C(=O)O. The van der Waals surface area contributed by atoms with Gasteiger partial charge in [0.1, 0.15) is 0 Å². The average Bonchev–Trinajstić information content (AvgIpc) is 2.38. The maximum atomic E-state index is 12.0. The molecule has 0 aromatic heterocycles. The van der Waals surface area contributed by atoms with E-state index >= 15 is 0 Å². The van der Waals surface area contributed by atoms with E-state index in [1.165, 1.54) is 7.11 Å². The third-order valence-electron chi connectivity index (χ3n) is 3.35. The van der Waals surface area contributed by atoms with Gasteiger partial charge in [0.15, 0.2) is 0 Å². The van der Waals surface area contributed by atoms with Crippen molar-refractivity contribution < 1.29 is 24.5 Å². The highest BCUT2D eigenvalue weighted by Crippen LogP contribution is 2.30. The largest absolute Gasteiger partial charge is 0.481 e. The molecule has 0 aliphatic heterocycles. The summed E-state index contributed by atoms with van der Waals surface area (Å²) < 4.78 is 4.87. The fourth-order valence-electron chi connectivity index (χ4n) is 2.39. The number of aliphatic hydroxyl groups excluding tert-OH is 1. The van der Waals surface area contributed by atoms with Crippen LogP contribution in [0.25, 0.3) is 0 Å². The molecule has 18 heavy (non-hydrogen) atoms. The zero-order valence-electron chi connectivity index (χ0n) is 10.6. The highest BCUT2D eigenvalue weighted by atomic mass is 16.5. The summed E-state index contributed by atoms with van der Waals surface area (Å²) in [4.78, 5) is 23.1. The number of carboxylic acids is 1. The van der Waals surface area contributed by atoms with E-state index in [9.17, 15) is 9.59 Å². The zero-order chi connectivity index (χ0) is 13.5. The van der Waals surface area contributed by atoms with Crippen molar-refractivity contribution in [1.29, 1.82) is 0 Å². The lowest BCUT2D eigenvalue weighted by atomic mass is 9.78. The number of ether oxygens (including phenoxy) is 1. The molecule has 104 valence electrons. The van der Waals surface area contributed by atoms with E-state index in [-0.39, 0.29) is 19.1 Å². The molecule has 1 saturated carbocycles. The molecule has 1 amide bonds. The first-order valence-corrected chi connectivity index (χ1v) is 6.23. The summed E-state index contributed by atoms with van der Waals surface area (Å²) in [5.41, 5.74) is 0. The van der Waals surface area contributed by atoms with Crippen molar-refractivity contribution in [3.05, 3.63) is 0 Å². The number of hydrogen-bond donors (Lipinski definition) is 3. The van der Waals surface area contributed by atoms with Gasteiger partial charge in [-0.25, -0.2) is 0 Å². The molecule has 0 radical (unpaired) electrons. The summed E-state index contributed by atoms with van der Waals surface area (Å²) in [5, 5.41) is 20.8. The summed E-state index contributed by atoms with van der Waals surface area (Å²) >= 11 is 0. The molecule has 3 unspecified atom stereocenters. The molecule has 0 heterocycles. The normalized spacial score (nSPS) is 25.4. The van der Waals surface area contributed by atoms with Crippen molar-refractivity contribution in [2.75, 3.05) is 20.3 Å². The van der Waals surface area contributed by atoms with Crippen molar-refractivity contribution in [3.63, 3.8) is 0 Å². The number of rotatable bonds is 6. The molecule has 0 saturated heterocycles. The van der Waals surface area contributed by atoms with E-state index in [2.05, 4.69) is 5.32 Å². The molecule has 1 rings (SSSR count). The lowest BCUT2D eigenvalue weighted by Gasteiger charge is -2.28. The van der Waals surface area contributed by atoms with Crippen molar-refractivity contribution in [3.8, 4) is 0 Å². The first-order valence-electron chi connectivity index (χ1n) is 6.23. The van der Waals surface area contributed by atoms with Crippen LogP contribution in [0.5, 0.6) is 0 Å². The van der Waals surface area contributed by atoms with Gasteiger partial charge < -0.3 is 20.3 Å². The first-order chi connectivity index (χ1) is 8.60. The minimum Gasteiger partial charge on any atom is -0.481 e. The van der Waals surface area contributed by atoms with Gasteiger partial charge in [-0.15, -0.1) is 0 Å². The van der Waals surface area contributed by atoms with Gasteiger partial charge in [-0.3, -0.25) is 9.59 Å². The number of aliphatic hydroxyl groups is 1. The summed E-state index contributed by atoms with van der Waals surface area (Å²) in [5.74, 6) is -2.32. The Kier molecular flexibility index (Phi) is 6.07. The van der Waals surface area contributed by atoms with Crippen LogP contribution in [0.1, 0.15) is 25.7 Å². The minimum atomic E-state index is -0.915. The van der Waals surface area contributed by atoms with Crippen LogP contribution in [0.3, 0.4) is 0 Å². The summed E-state index contributed by atoms with van der Waals surface area (Å²) in [6, 6.07) is -0.473. The average molecular weight is 259 g/mol. The van der Waals surface area contributed by atoms with Crippen LogP contribution in [0, 0.1) is 11.8 Å². The van der Waals surface area contributed by atoms with E-state index in [1.807, 2.05) is 0 Å². The third kappa shape index (κ3) is 3.96. The Bertz CT molecular complexity index is 294. The predicted octanol–water partition coefficient (Wildman–Crippen LogP) is 0.000900. The van der Waals surface area contributed by atoms with Gasteiger partial charge in [-0.05, 0) is 12.8 Å². The van der Waals surface area contributed by atoms with Gasteiger partial charge in [0, 0.05) is 7.11 Å². The van der Waals surface area contributed by atoms with Crippen molar-refractivity contribution >= 4 is 11.9 Å². The van der Waals surface area contributed by atoms with E-state index in [1.54, 1.807) is 0 Å². The van der Waals surface area contributed by atoms with Crippen LogP contribution >= 0.6 is 0 Å². The molecule has 0 aromatic carbocycles. The number of hydrogen-bond acceptors (Lipinski definition) is 4. The summed E-state index contributed by atoms with van der Waals surface area (Å²) in [6.45, 7) is -0.00324. The Morgan fingerprint density at radius 2 is 1.94 bits per heavy atom. The zero-order valence-corrected chi connectivity index (χ0v) is 10.6. The van der Waals surface area contributed by atoms with Crippen LogP contribution in [0.4, 0.5) is 0 Å². The number of aliphatic carboxylic acids is 1. The molecule has 0 aromatic rings. The summed E-state index contributed by atoms with van der Waals surface area (Å²) in [6.07, 6.45) is 2.85. The highest BCUT2D eigenvalue weighted by molar-refractivity contribution is 5.85. The number of carboxylic acid groups (broad SMARTS) is 1. The quantitative estimate of drug-likeness (QED) is 0.624. The molecular formula is C12H21NO5. The van der Waals surface area contributed by atoms with Gasteiger partial charge in [-0.1, -0.05) is 12.8 Å². The Morgan fingerprint density at radius 3 is 2.44 bits per heavy atom. The maximum Gasteiger partial charge on any atom is 0.307 e. The number of amides is 1. The predicted molar refractivity (Wildman–Crippen MR) is 64.0 cm³/mol. The molecule has 3 atom stereocenters. The van der Waals surface area contributed by atoms with Gasteiger partial charge in [0.25, 0.3) is 0 Å². The van der Waals surface area contributed by atoms with Crippen LogP contribution in [-0.4, -0.2) is 48.5 Å². The van der Waals surface area contributed by atoms with Crippen LogP contribution in [-0.2, 0) is 14.3 Å². The molecule has 3 N–H and O–H groups in total. The van der Waals surface area contributed by atoms with Crippen LogP contribution < -0.4 is 5.32 Å². The standard InChI is InChI=1S/C12H21NO5/c1-18-7-8(6-14)13-11(15)9-4-2-3-5-10(9)12(16)17/h8-10,14H,2-7H2,1H3,(H,13,15)(H,16,17). The second kappa shape index (κ2) is 7.33. The lowest BCUT2D eigenvalue weighted by molar-refractivity contribution is -0.149. The van der Waals surface area contributed by atoms with Crippen molar-refractivity contribution in [2.45, 2.75) is 31.7 Å². The number of methoxy groups -OCH3 is 1. The molecule has 1 aliphatic rings. The number of carbonyl (C=O) groups is 2. The number of nitrogens with one attached hydrogen (secondary N) is 1. The van der Waals surface area contributed by atoms with E-state index in [0.29, 0.717) is 12.8 Å². The van der Waals surface area contributed by atoms with E-state index < -0.39 is 23.8 Å². The third-order valence-corrected chi connectivity index (χ3v) is 3.35. The topological polar surface area (TPSA) is 95.9 Å². The fourth-order valence-corrected chi connectivity index (χ4v) is 2.39. The van der Waals surface area contributed by atoms with E-state index in [4.69, 9.17) is 14.9 Å². The second-order valence-corrected chi connectivity index (χ2v) is 4.68. The molecule has 0 bridgehead atoms. The van der Waals surface area contributed by atoms with Gasteiger partial charge in [0.2, 0.25) is 5.91 Å². The Hall–Kier alpha value is -1.14. The van der Waals surface area contributed by atoms with Crippen molar-refractivity contribution in [2.24, 2.45) is 11.8 Å². The molecule has 6 heteroatoms. The van der Waals surface area contributed by atoms with Gasteiger partial charge in [0.05, 0.1) is 31.1 Å². The first kappa shape index (κ1) is 14.9. The van der Waals surface area contributed by atoms with Crippen LogP contribution in [0.15, 0.2) is 0 Å². The van der Waals surface area contributed by atoms with Crippen LogP contribution in [0.2, 0.25) is 0 Å².